The van der Waals surface area contributed by atoms with Crippen LogP contribution < -0.4 is 10.5 Å². The minimum Gasteiger partial charge on any atom is -0.457 e. The van der Waals surface area contributed by atoms with Gasteiger partial charge in [-0.2, -0.15) is 0 Å². The molecule has 19 heavy (non-hydrogen) atoms. The molecular weight excluding hydrogens is 236 g/mol. The van der Waals surface area contributed by atoms with Gasteiger partial charge in [0.05, 0.1) is 0 Å². The molecule has 0 spiro atoms. The number of benzene rings is 1. The van der Waals surface area contributed by atoms with E-state index in [9.17, 15) is 0 Å². The smallest absolute Gasteiger partial charge is 0.135 e. The van der Waals surface area contributed by atoms with Crippen molar-refractivity contribution >= 4 is 0 Å². The third-order valence-electron chi connectivity index (χ3n) is 3.40. The summed E-state index contributed by atoms with van der Waals surface area (Å²) in [6.07, 6.45) is 0. The average Bonchev–Trinajstić information content (AvgIpc) is 2.34. The Morgan fingerprint density at radius 1 is 1.11 bits per heavy atom. The molecule has 3 heteroatoms. The van der Waals surface area contributed by atoms with E-state index in [1.54, 1.807) is 0 Å². The Morgan fingerprint density at radius 2 is 1.84 bits per heavy atom. The standard InChI is InChI=1S/C16H20N2O/c1-10-6-5-7-15(12(10)3)19-16-8-11(2)18-13(4)14(16)9-17/h5-8H,9,17H2,1-4H3. The summed E-state index contributed by atoms with van der Waals surface area (Å²) in [6, 6.07) is 8.00. The van der Waals surface area contributed by atoms with Crippen LogP contribution in [0.4, 0.5) is 0 Å². The zero-order valence-electron chi connectivity index (χ0n) is 11.9. The quantitative estimate of drug-likeness (QED) is 0.913. The van der Waals surface area contributed by atoms with Gasteiger partial charge < -0.3 is 10.5 Å². The fourth-order valence-corrected chi connectivity index (χ4v) is 2.11. The van der Waals surface area contributed by atoms with Crippen LogP contribution >= 0.6 is 0 Å². The largest absolute Gasteiger partial charge is 0.457 e. The van der Waals surface area contributed by atoms with Gasteiger partial charge in [0.2, 0.25) is 0 Å². The van der Waals surface area contributed by atoms with Crippen molar-refractivity contribution in [2.45, 2.75) is 34.2 Å². The van der Waals surface area contributed by atoms with Crippen LogP contribution in [0.2, 0.25) is 0 Å². The lowest BCUT2D eigenvalue weighted by molar-refractivity contribution is 0.470. The monoisotopic (exact) mass is 256 g/mol. The maximum Gasteiger partial charge on any atom is 0.135 e. The lowest BCUT2D eigenvalue weighted by Gasteiger charge is -2.15. The molecule has 0 saturated heterocycles. The van der Waals surface area contributed by atoms with Crippen LogP contribution in [0.3, 0.4) is 0 Å². The first-order chi connectivity index (χ1) is 9.02. The molecule has 0 amide bonds. The van der Waals surface area contributed by atoms with E-state index in [1.807, 2.05) is 32.0 Å². The van der Waals surface area contributed by atoms with Gasteiger partial charge in [0.1, 0.15) is 11.5 Å². The SMILES string of the molecule is Cc1cc(Oc2cccc(C)c2C)c(CN)c(C)n1. The number of ether oxygens (including phenoxy) is 1. The maximum atomic E-state index is 6.05. The van der Waals surface area contributed by atoms with Crippen molar-refractivity contribution in [2.75, 3.05) is 0 Å². The molecule has 0 unspecified atom stereocenters. The van der Waals surface area contributed by atoms with Gasteiger partial charge in [-0.1, -0.05) is 12.1 Å². The lowest BCUT2D eigenvalue weighted by Crippen LogP contribution is -2.05. The highest BCUT2D eigenvalue weighted by atomic mass is 16.5. The number of aryl methyl sites for hydroxylation is 3. The van der Waals surface area contributed by atoms with E-state index >= 15 is 0 Å². The van der Waals surface area contributed by atoms with Crippen LogP contribution in [0.1, 0.15) is 28.1 Å². The molecule has 1 aromatic heterocycles. The van der Waals surface area contributed by atoms with Gasteiger partial charge in [0.15, 0.2) is 0 Å². The summed E-state index contributed by atoms with van der Waals surface area (Å²) in [7, 11) is 0. The van der Waals surface area contributed by atoms with Crippen LogP contribution in [0.15, 0.2) is 24.3 Å². The summed E-state index contributed by atoms with van der Waals surface area (Å²) < 4.78 is 6.05. The molecule has 0 bridgehead atoms. The summed E-state index contributed by atoms with van der Waals surface area (Å²) in [5, 5.41) is 0. The second-order valence-electron chi connectivity index (χ2n) is 4.83. The van der Waals surface area contributed by atoms with Crippen molar-refractivity contribution in [1.82, 2.24) is 4.98 Å². The Kier molecular flexibility index (Phi) is 3.86. The number of hydrogen-bond donors (Lipinski definition) is 1. The zero-order chi connectivity index (χ0) is 14.0. The van der Waals surface area contributed by atoms with Crippen molar-refractivity contribution in [2.24, 2.45) is 5.73 Å². The Labute approximate surface area is 114 Å². The Bertz CT molecular complexity index is 606. The number of rotatable bonds is 3. The summed E-state index contributed by atoms with van der Waals surface area (Å²) in [6.45, 7) is 8.50. The summed E-state index contributed by atoms with van der Waals surface area (Å²) >= 11 is 0. The molecule has 2 N–H and O–H groups in total. The van der Waals surface area contributed by atoms with Gasteiger partial charge in [-0.3, -0.25) is 4.98 Å². The van der Waals surface area contributed by atoms with E-state index in [1.165, 1.54) is 5.56 Å². The van der Waals surface area contributed by atoms with Crippen molar-refractivity contribution in [3.8, 4) is 11.5 Å². The highest BCUT2D eigenvalue weighted by Gasteiger charge is 2.11. The number of nitrogens with zero attached hydrogens (tertiary/aromatic N) is 1. The molecule has 1 aromatic carbocycles. The highest BCUT2D eigenvalue weighted by molar-refractivity contribution is 5.45. The molecule has 1 heterocycles. The van der Waals surface area contributed by atoms with Crippen molar-refractivity contribution in [3.63, 3.8) is 0 Å². The minimum absolute atomic E-state index is 0.430. The second kappa shape index (κ2) is 5.41. The Morgan fingerprint density at radius 3 is 2.53 bits per heavy atom. The van der Waals surface area contributed by atoms with Gasteiger partial charge in [0.25, 0.3) is 0 Å². The Balaban J connectivity index is 2.46. The van der Waals surface area contributed by atoms with Crippen molar-refractivity contribution < 1.29 is 4.74 Å². The third kappa shape index (κ3) is 2.76. The van der Waals surface area contributed by atoms with Crippen LogP contribution in [-0.2, 0) is 6.54 Å². The molecule has 0 atom stereocenters. The van der Waals surface area contributed by atoms with Gasteiger partial charge in [-0.15, -0.1) is 0 Å². The summed E-state index contributed by atoms with van der Waals surface area (Å²) in [5.41, 5.74) is 11.0. The fourth-order valence-electron chi connectivity index (χ4n) is 2.11. The first-order valence-corrected chi connectivity index (χ1v) is 6.44. The molecule has 0 saturated carbocycles. The van der Waals surface area contributed by atoms with Gasteiger partial charge in [0, 0.05) is 29.6 Å². The van der Waals surface area contributed by atoms with E-state index in [0.29, 0.717) is 6.54 Å². The van der Waals surface area contributed by atoms with E-state index in [-0.39, 0.29) is 0 Å². The predicted molar refractivity (Wildman–Crippen MR) is 77.6 cm³/mol. The summed E-state index contributed by atoms with van der Waals surface area (Å²) in [4.78, 5) is 4.43. The molecule has 0 aliphatic carbocycles. The number of hydrogen-bond acceptors (Lipinski definition) is 3. The van der Waals surface area contributed by atoms with Gasteiger partial charge in [-0.05, 0) is 44.9 Å². The van der Waals surface area contributed by atoms with Gasteiger partial charge in [-0.25, -0.2) is 0 Å². The normalized spacial score (nSPS) is 10.6. The third-order valence-corrected chi connectivity index (χ3v) is 3.40. The molecule has 0 aliphatic rings. The molecule has 0 aliphatic heterocycles. The zero-order valence-corrected chi connectivity index (χ0v) is 11.9. The molecule has 2 aromatic rings. The lowest BCUT2D eigenvalue weighted by atomic mass is 10.1. The van der Waals surface area contributed by atoms with Crippen LogP contribution in [0.25, 0.3) is 0 Å². The number of nitrogens with two attached hydrogens (primary N) is 1. The number of pyridine rings is 1. The summed E-state index contributed by atoms with van der Waals surface area (Å²) in [5.74, 6) is 1.68. The van der Waals surface area contributed by atoms with E-state index in [4.69, 9.17) is 10.5 Å². The highest BCUT2D eigenvalue weighted by Crippen LogP contribution is 2.30. The van der Waals surface area contributed by atoms with Crippen LogP contribution in [0, 0.1) is 27.7 Å². The fraction of sp³-hybridized carbons (Fsp3) is 0.312. The Hall–Kier alpha value is -1.87. The molecule has 100 valence electrons. The number of aromatic nitrogens is 1. The van der Waals surface area contributed by atoms with Crippen LogP contribution in [-0.4, -0.2) is 4.98 Å². The first kappa shape index (κ1) is 13.6. The molecule has 3 nitrogen and oxygen atoms in total. The molecule has 0 radical (unpaired) electrons. The van der Waals surface area contributed by atoms with Crippen LogP contribution in [0.5, 0.6) is 11.5 Å². The maximum absolute atomic E-state index is 6.05. The molecular formula is C16H20N2O. The minimum atomic E-state index is 0.430. The van der Waals surface area contributed by atoms with E-state index in [0.717, 1.165) is 34.0 Å². The van der Waals surface area contributed by atoms with E-state index in [2.05, 4.69) is 24.9 Å². The first-order valence-electron chi connectivity index (χ1n) is 6.44. The average molecular weight is 256 g/mol. The topological polar surface area (TPSA) is 48.1 Å². The second-order valence-corrected chi connectivity index (χ2v) is 4.83. The van der Waals surface area contributed by atoms with Gasteiger partial charge >= 0.3 is 0 Å². The van der Waals surface area contributed by atoms with Crippen molar-refractivity contribution in [1.29, 1.82) is 0 Å². The molecule has 0 fully saturated rings. The van der Waals surface area contributed by atoms with E-state index < -0.39 is 0 Å². The molecule has 2 rings (SSSR count). The van der Waals surface area contributed by atoms with Crippen molar-refractivity contribution in [3.05, 3.63) is 52.3 Å². The predicted octanol–water partition coefficient (Wildman–Crippen LogP) is 3.57.